The van der Waals surface area contributed by atoms with Crippen LogP contribution in [-0.2, 0) is 0 Å². The number of thiol groups is 1. The van der Waals surface area contributed by atoms with Gasteiger partial charge in [-0.25, -0.2) is 4.98 Å². The summed E-state index contributed by atoms with van der Waals surface area (Å²) >= 11 is 10.8. The van der Waals surface area contributed by atoms with Crippen molar-refractivity contribution in [1.29, 1.82) is 0 Å². The molecule has 1 heterocycles. The van der Waals surface area contributed by atoms with Gasteiger partial charge < -0.3 is 5.73 Å². The van der Waals surface area contributed by atoms with Crippen molar-refractivity contribution in [2.75, 3.05) is 5.73 Å². The molecule has 2 N–H and O–H groups in total. The van der Waals surface area contributed by atoms with Gasteiger partial charge in [-0.1, -0.05) is 24.3 Å². The van der Waals surface area contributed by atoms with Crippen LogP contribution in [0.1, 0.15) is 10.4 Å². The Labute approximate surface area is 231 Å². The molecule has 0 saturated heterocycles. The first kappa shape index (κ1) is 28.3. The van der Waals surface area contributed by atoms with Crippen LogP contribution in [0.15, 0.2) is 102 Å². The number of carbonyl (C=O) groups excluding carboxylic acids is 1. The maximum absolute atomic E-state index is 10.6. The van der Waals surface area contributed by atoms with Crippen LogP contribution in [0.2, 0.25) is 0 Å². The number of nitrogens with two attached hydrogens (primary N) is 1. The molecule has 0 spiro atoms. The first-order valence-corrected chi connectivity index (χ1v) is 12.4. The molecular formula is C26H19ClN4O5S2. The average molecular weight is 567 g/mol. The molecule has 9 nitrogen and oxygen atoms in total. The predicted octanol–water partition coefficient (Wildman–Crippen LogP) is 7.40. The van der Waals surface area contributed by atoms with Gasteiger partial charge in [0.25, 0.3) is 16.6 Å². The number of nitrogens with zero attached hydrogens (tertiary/aromatic N) is 3. The van der Waals surface area contributed by atoms with Crippen molar-refractivity contribution >= 4 is 68.1 Å². The van der Waals surface area contributed by atoms with Gasteiger partial charge in [0.15, 0.2) is 0 Å². The highest BCUT2D eigenvalue weighted by Gasteiger charge is 2.09. The molecule has 5 rings (SSSR count). The topological polar surface area (TPSA) is 142 Å². The normalized spacial score (nSPS) is 9.95. The van der Waals surface area contributed by atoms with E-state index in [0.29, 0.717) is 0 Å². The Hall–Kier alpha value is -4.32. The van der Waals surface area contributed by atoms with Gasteiger partial charge in [-0.3, -0.25) is 25.0 Å². The van der Waals surface area contributed by atoms with Gasteiger partial charge >= 0.3 is 0 Å². The highest BCUT2D eigenvalue weighted by Crippen LogP contribution is 2.30. The van der Waals surface area contributed by atoms with E-state index in [2.05, 4.69) is 17.6 Å². The van der Waals surface area contributed by atoms with Gasteiger partial charge in [-0.05, 0) is 60.1 Å². The Morgan fingerprint density at radius 3 is 1.82 bits per heavy atom. The van der Waals surface area contributed by atoms with Crippen molar-refractivity contribution in [1.82, 2.24) is 4.98 Å². The molecule has 0 atom stereocenters. The summed E-state index contributed by atoms with van der Waals surface area (Å²) in [7, 11) is 0. The van der Waals surface area contributed by atoms with E-state index >= 15 is 0 Å². The van der Waals surface area contributed by atoms with E-state index in [4.69, 9.17) is 17.3 Å². The summed E-state index contributed by atoms with van der Waals surface area (Å²) in [5.74, 6) is 0. The first-order chi connectivity index (χ1) is 18.2. The number of nitrogen functional groups attached to an aromatic ring is 1. The predicted molar refractivity (Wildman–Crippen MR) is 153 cm³/mol. The maximum Gasteiger partial charge on any atom is 0.269 e. The lowest BCUT2D eigenvalue weighted by Crippen LogP contribution is -1.90. The fourth-order valence-corrected chi connectivity index (χ4v) is 4.18. The van der Waals surface area contributed by atoms with Gasteiger partial charge in [-0.15, -0.1) is 24.0 Å². The molecule has 4 aromatic carbocycles. The minimum atomic E-state index is -0.620. The number of halogens is 1. The lowest BCUT2D eigenvalue weighted by atomic mass is 10.2. The highest BCUT2D eigenvalue weighted by molar-refractivity contribution is 7.80. The van der Waals surface area contributed by atoms with Crippen LogP contribution in [-0.4, -0.2) is 20.1 Å². The standard InChI is InChI=1S/C13H8N2O2S.C7H4ClNO3.C6H7NS/c16-15(17)10-7-5-9(6-8-10)13-14-11-3-1-2-4-12(11)18-13;8-7(10)5-1-3-6(4-2-5)9(11)12;7-5-3-1-2-4-6(5)8/h1-8H;1-4H;1-4,8H,7H2. The van der Waals surface area contributed by atoms with Gasteiger partial charge in [0.05, 0.1) is 20.1 Å². The lowest BCUT2D eigenvalue weighted by molar-refractivity contribution is -0.385. The molecular weight excluding hydrogens is 548 g/mol. The Morgan fingerprint density at radius 2 is 1.34 bits per heavy atom. The number of para-hydroxylation sites is 2. The van der Waals surface area contributed by atoms with Crippen molar-refractivity contribution in [3.8, 4) is 10.6 Å². The molecule has 0 radical (unpaired) electrons. The van der Waals surface area contributed by atoms with Gasteiger partial charge in [0.1, 0.15) is 5.01 Å². The second-order valence-corrected chi connectivity index (χ2v) is 9.28. The molecule has 0 bridgehead atoms. The van der Waals surface area contributed by atoms with Crippen molar-refractivity contribution in [3.63, 3.8) is 0 Å². The average Bonchev–Trinajstić information content (AvgIpc) is 3.36. The van der Waals surface area contributed by atoms with E-state index in [0.717, 1.165) is 31.4 Å². The number of hydrogen-bond acceptors (Lipinski definition) is 9. The Morgan fingerprint density at radius 1 is 0.816 bits per heavy atom. The molecule has 0 saturated carbocycles. The number of non-ortho nitro benzene ring substituents is 2. The number of anilines is 1. The smallest absolute Gasteiger partial charge is 0.269 e. The van der Waals surface area contributed by atoms with Crippen LogP contribution < -0.4 is 5.73 Å². The number of fused-ring (bicyclic) bond motifs is 1. The third-order valence-electron chi connectivity index (χ3n) is 4.86. The molecule has 0 aliphatic carbocycles. The largest absolute Gasteiger partial charge is 0.398 e. The van der Waals surface area contributed by atoms with Crippen LogP contribution in [0.3, 0.4) is 0 Å². The number of aromatic nitrogens is 1. The summed E-state index contributed by atoms with van der Waals surface area (Å²) in [6.07, 6.45) is 0. The molecule has 192 valence electrons. The molecule has 0 aliphatic rings. The van der Waals surface area contributed by atoms with Gasteiger partial charge in [0.2, 0.25) is 0 Å². The van der Waals surface area contributed by atoms with Crippen molar-refractivity contribution in [2.24, 2.45) is 0 Å². The lowest BCUT2D eigenvalue weighted by Gasteiger charge is -1.95. The second-order valence-electron chi connectivity index (χ2n) is 7.43. The van der Waals surface area contributed by atoms with Crippen molar-refractivity contribution in [2.45, 2.75) is 4.90 Å². The maximum atomic E-state index is 10.6. The number of hydrogen-bond donors (Lipinski definition) is 2. The Balaban J connectivity index is 0.000000173. The van der Waals surface area contributed by atoms with E-state index in [1.807, 2.05) is 48.5 Å². The van der Waals surface area contributed by atoms with Crippen LogP contribution in [0.25, 0.3) is 20.8 Å². The van der Waals surface area contributed by atoms with Crippen LogP contribution in [0.4, 0.5) is 17.1 Å². The molecule has 5 aromatic rings. The van der Waals surface area contributed by atoms with Crippen molar-refractivity contribution in [3.05, 3.63) is 123 Å². The molecule has 0 amide bonds. The van der Waals surface area contributed by atoms with Crippen LogP contribution in [0, 0.1) is 20.2 Å². The van der Waals surface area contributed by atoms with Crippen LogP contribution in [0.5, 0.6) is 0 Å². The zero-order valence-corrected chi connectivity index (χ0v) is 21.9. The number of nitro benzene ring substituents is 2. The van der Waals surface area contributed by atoms with E-state index in [-0.39, 0.29) is 16.9 Å². The third kappa shape index (κ3) is 7.84. The van der Waals surface area contributed by atoms with Gasteiger partial charge in [-0.2, -0.15) is 0 Å². The molecule has 1 aromatic heterocycles. The quantitative estimate of drug-likeness (QED) is 0.0758. The van der Waals surface area contributed by atoms with E-state index in [1.165, 1.54) is 36.4 Å². The molecule has 0 fully saturated rings. The first-order valence-electron chi connectivity index (χ1n) is 10.7. The molecule has 12 heteroatoms. The van der Waals surface area contributed by atoms with Crippen molar-refractivity contribution < 1.29 is 14.6 Å². The second kappa shape index (κ2) is 13.3. The third-order valence-corrected chi connectivity index (χ3v) is 6.57. The Kier molecular flexibility index (Phi) is 9.88. The minimum Gasteiger partial charge on any atom is -0.398 e. The van der Waals surface area contributed by atoms with E-state index in [1.54, 1.807) is 23.5 Å². The molecule has 38 heavy (non-hydrogen) atoms. The number of thiazole rings is 1. The van der Waals surface area contributed by atoms with Gasteiger partial charge in [0, 0.05) is 46.0 Å². The fourth-order valence-electron chi connectivity index (χ4n) is 2.92. The summed E-state index contributed by atoms with van der Waals surface area (Å²) in [5, 5.41) is 21.0. The number of carbonyl (C=O) groups is 1. The summed E-state index contributed by atoms with van der Waals surface area (Å²) < 4.78 is 1.12. The summed E-state index contributed by atoms with van der Waals surface area (Å²) in [6.45, 7) is 0. The highest BCUT2D eigenvalue weighted by atomic mass is 35.5. The zero-order chi connectivity index (χ0) is 27.7. The Bertz CT molecular complexity index is 1490. The number of rotatable bonds is 4. The zero-order valence-electron chi connectivity index (χ0n) is 19.4. The van der Waals surface area contributed by atoms with E-state index < -0.39 is 15.1 Å². The summed E-state index contributed by atoms with van der Waals surface area (Å²) in [4.78, 5) is 35.7. The van der Waals surface area contributed by atoms with Crippen LogP contribution >= 0.6 is 35.6 Å². The summed E-state index contributed by atoms with van der Waals surface area (Å²) in [5.41, 5.74) is 8.33. The summed E-state index contributed by atoms with van der Waals surface area (Å²) in [6, 6.07) is 26.9. The fraction of sp³-hybridized carbons (Fsp3) is 0. The monoisotopic (exact) mass is 566 g/mol. The minimum absolute atomic E-state index is 0.0586. The number of benzene rings is 4. The molecule has 0 unspecified atom stereocenters. The number of nitro groups is 2. The van der Waals surface area contributed by atoms with E-state index in [9.17, 15) is 25.0 Å². The molecule has 0 aliphatic heterocycles. The SMILES string of the molecule is Nc1ccccc1S.O=C(Cl)c1ccc([N+](=O)[O-])cc1.O=[N+]([O-])c1ccc(-c2nc3ccccc3s2)cc1.